The molecule has 31 heavy (non-hydrogen) atoms. The highest BCUT2D eigenvalue weighted by molar-refractivity contribution is 5.89. The second kappa shape index (κ2) is 9.88. The van der Waals surface area contributed by atoms with Gasteiger partial charge in [-0.25, -0.2) is 0 Å². The van der Waals surface area contributed by atoms with Gasteiger partial charge in [-0.3, -0.25) is 9.59 Å². The summed E-state index contributed by atoms with van der Waals surface area (Å²) in [5.74, 6) is 3.14. The molecule has 2 aliphatic rings. The summed E-state index contributed by atoms with van der Waals surface area (Å²) in [6.07, 6.45) is 7.38. The highest BCUT2D eigenvalue weighted by atomic mass is 16.5. The van der Waals surface area contributed by atoms with E-state index < -0.39 is 0 Å². The molecule has 0 bridgehead atoms. The second-order valence-electron chi connectivity index (χ2n) is 11.0. The van der Waals surface area contributed by atoms with E-state index in [-0.39, 0.29) is 23.2 Å². The summed E-state index contributed by atoms with van der Waals surface area (Å²) in [6, 6.07) is 6.18. The van der Waals surface area contributed by atoms with Crippen molar-refractivity contribution in [2.24, 2.45) is 35.0 Å². The minimum absolute atomic E-state index is 0.0150. The first kappa shape index (κ1) is 24.0. The zero-order chi connectivity index (χ0) is 22.8. The lowest BCUT2D eigenvalue weighted by Crippen LogP contribution is -2.43. The van der Waals surface area contributed by atoms with E-state index in [1.54, 1.807) is 7.11 Å². The number of methoxy groups -OCH3 is 1. The van der Waals surface area contributed by atoms with Crippen LogP contribution in [0.15, 0.2) is 18.2 Å². The van der Waals surface area contributed by atoms with Gasteiger partial charge in [0.25, 0.3) is 0 Å². The highest BCUT2D eigenvalue weighted by Gasteiger charge is 2.58. The Kier molecular flexibility index (Phi) is 7.65. The van der Waals surface area contributed by atoms with E-state index in [9.17, 15) is 9.59 Å². The SMILES string of the molecule is COc1ccc(C)c(CC[C@@H]2C(=O)CC[C@]3(C)[C@@H]([C@@H](C)CCCC(C)C)C(=O)C[C@@H]23)c1. The largest absolute Gasteiger partial charge is 0.497 e. The third-order valence-electron chi connectivity index (χ3n) is 8.43. The first-order valence-electron chi connectivity index (χ1n) is 12.4. The fourth-order valence-corrected chi connectivity index (χ4v) is 6.62. The number of aryl methyl sites for hydroxylation is 2. The minimum atomic E-state index is -0.0175. The molecule has 0 N–H and O–H groups in total. The maximum absolute atomic E-state index is 13.2. The number of carbonyl (C=O) groups excluding carboxylic acids is 2. The van der Waals surface area contributed by atoms with Crippen molar-refractivity contribution in [1.82, 2.24) is 0 Å². The monoisotopic (exact) mass is 426 g/mol. The van der Waals surface area contributed by atoms with Crippen molar-refractivity contribution in [2.45, 2.75) is 86.0 Å². The van der Waals surface area contributed by atoms with Gasteiger partial charge in [0.1, 0.15) is 17.3 Å². The number of ketones is 2. The minimum Gasteiger partial charge on any atom is -0.497 e. The Morgan fingerprint density at radius 3 is 2.55 bits per heavy atom. The number of ether oxygens (including phenoxy) is 1. The number of hydrogen-bond donors (Lipinski definition) is 0. The van der Waals surface area contributed by atoms with Crippen LogP contribution in [0.3, 0.4) is 0 Å². The van der Waals surface area contributed by atoms with Crippen molar-refractivity contribution in [3.8, 4) is 5.75 Å². The van der Waals surface area contributed by atoms with Crippen molar-refractivity contribution >= 4 is 11.6 Å². The molecule has 1 aromatic carbocycles. The van der Waals surface area contributed by atoms with Gasteiger partial charge in [-0.1, -0.05) is 46.6 Å². The first-order chi connectivity index (χ1) is 14.7. The average Bonchev–Trinajstić information content (AvgIpc) is 2.98. The molecule has 0 heterocycles. The number of rotatable bonds is 9. The first-order valence-corrected chi connectivity index (χ1v) is 12.4. The molecule has 3 heteroatoms. The highest BCUT2D eigenvalue weighted by Crippen LogP contribution is 2.58. The van der Waals surface area contributed by atoms with Crippen LogP contribution in [0.25, 0.3) is 0 Å². The summed E-state index contributed by atoms with van der Waals surface area (Å²) in [5.41, 5.74) is 2.48. The van der Waals surface area contributed by atoms with E-state index in [1.165, 1.54) is 24.0 Å². The van der Waals surface area contributed by atoms with Gasteiger partial charge in [-0.15, -0.1) is 0 Å². The molecule has 0 spiro atoms. The zero-order valence-electron chi connectivity index (χ0n) is 20.5. The lowest BCUT2D eigenvalue weighted by Gasteiger charge is -2.45. The van der Waals surface area contributed by atoms with Crippen LogP contribution in [-0.2, 0) is 16.0 Å². The fraction of sp³-hybridized carbons (Fsp3) is 0.714. The summed E-state index contributed by atoms with van der Waals surface area (Å²) in [5, 5.41) is 0. The molecule has 3 nitrogen and oxygen atoms in total. The molecule has 0 saturated heterocycles. The molecule has 0 aromatic heterocycles. The topological polar surface area (TPSA) is 43.4 Å². The second-order valence-corrected chi connectivity index (χ2v) is 11.0. The summed E-state index contributed by atoms with van der Waals surface area (Å²) in [4.78, 5) is 26.2. The van der Waals surface area contributed by atoms with Crippen LogP contribution in [0.4, 0.5) is 0 Å². The van der Waals surface area contributed by atoms with Crippen molar-refractivity contribution in [3.63, 3.8) is 0 Å². The van der Waals surface area contributed by atoms with E-state index in [1.807, 2.05) is 6.07 Å². The van der Waals surface area contributed by atoms with Crippen molar-refractivity contribution < 1.29 is 14.3 Å². The molecular weight excluding hydrogens is 384 g/mol. The van der Waals surface area contributed by atoms with Crippen molar-refractivity contribution in [3.05, 3.63) is 29.3 Å². The Hall–Kier alpha value is -1.64. The predicted molar refractivity (Wildman–Crippen MR) is 126 cm³/mol. The van der Waals surface area contributed by atoms with Crippen molar-refractivity contribution in [2.75, 3.05) is 7.11 Å². The van der Waals surface area contributed by atoms with Gasteiger partial charge in [-0.05, 0) is 79.0 Å². The Morgan fingerprint density at radius 2 is 1.87 bits per heavy atom. The molecule has 2 fully saturated rings. The molecule has 0 aliphatic heterocycles. The Morgan fingerprint density at radius 1 is 1.13 bits per heavy atom. The zero-order valence-corrected chi connectivity index (χ0v) is 20.5. The van der Waals surface area contributed by atoms with Crippen molar-refractivity contribution in [1.29, 1.82) is 0 Å². The number of fused-ring (bicyclic) bond motifs is 1. The van der Waals surface area contributed by atoms with E-state index in [4.69, 9.17) is 4.74 Å². The lowest BCUT2D eigenvalue weighted by atomic mass is 9.58. The van der Waals surface area contributed by atoms with Gasteiger partial charge in [0.2, 0.25) is 0 Å². The van der Waals surface area contributed by atoms with Gasteiger partial charge in [0.05, 0.1) is 7.11 Å². The van der Waals surface area contributed by atoms with Gasteiger partial charge >= 0.3 is 0 Å². The van der Waals surface area contributed by atoms with Crippen LogP contribution in [0.1, 0.15) is 83.8 Å². The molecule has 3 rings (SSSR count). The standard InChI is InChI=1S/C28H42O3/c1-18(2)8-7-9-20(4)27-26(30)17-24-23(25(29)14-15-28(24,27)5)13-11-21-16-22(31-6)12-10-19(21)3/h10,12,16,18,20,23-24,27H,7-9,11,13-15,17H2,1-6H3/t20-,23-,24-,27-,28-/m0/s1. The summed E-state index contributed by atoms with van der Waals surface area (Å²) in [6.45, 7) is 11.3. The Bertz CT molecular complexity index is 795. The fourth-order valence-electron chi connectivity index (χ4n) is 6.62. The van der Waals surface area contributed by atoms with Gasteiger partial charge in [0, 0.05) is 24.7 Å². The molecule has 2 saturated carbocycles. The summed E-state index contributed by atoms with van der Waals surface area (Å²) < 4.78 is 5.40. The predicted octanol–water partition coefficient (Wildman–Crippen LogP) is 6.59. The van der Waals surface area contributed by atoms with Crippen LogP contribution < -0.4 is 4.74 Å². The number of carbonyl (C=O) groups is 2. The average molecular weight is 427 g/mol. The molecule has 0 amide bonds. The lowest BCUT2D eigenvalue weighted by molar-refractivity contribution is -0.133. The van der Waals surface area contributed by atoms with Crippen LogP contribution in [0.5, 0.6) is 5.75 Å². The maximum Gasteiger partial charge on any atom is 0.137 e. The quantitative estimate of drug-likeness (QED) is 0.447. The molecule has 0 radical (unpaired) electrons. The Labute approximate surface area is 189 Å². The Balaban J connectivity index is 1.74. The van der Waals surface area contributed by atoms with Gasteiger partial charge in [0.15, 0.2) is 0 Å². The van der Waals surface area contributed by atoms with E-state index in [0.717, 1.165) is 31.4 Å². The summed E-state index contributed by atoms with van der Waals surface area (Å²) in [7, 11) is 1.69. The number of benzene rings is 1. The maximum atomic E-state index is 13.2. The van der Waals surface area contributed by atoms with Gasteiger partial charge in [-0.2, -0.15) is 0 Å². The molecule has 1 aromatic rings. The van der Waals surface area contributed by atoms with E-state index >= 15 is 0 Å². The van der Waals surface area contributed by atoms with Crippen LogP contribution in [0.2, 0.25) is 0 Å². The third-order valence-corrected chi connectivity index (χ3v) is 8.43. The van der Waals surface area contributed by atoms with E-state index in [2.05, 4.69) is 46.8 Å². The molecular formula is C28H42O3. The molecule has 5 atom stereocenters. The smallest absolute Gasteiger partial charge is 0.137 e. The van der Waals surface area contributed by atoms with Crippen LogP contribution >= 0.6 is 0 Å². The molecule has 172 valence electrons. The van der Waals surface area contributed by atoms with Gasteiger partial charge < -0.3 is 4.74 Å². The molecule has 2 aliphatic carbocycles. The number of Topliss-reactive ketones (excluding diaryl/α,β-unsaturated/α-hetero) is 2. The normalized spacial score (nSPS) is 29.3. The third kappa shape index (κ3) is 5.07. The van der Waals surface area contributed by atoms with E-state index in [0.29, 0.717) is 36.2 Å². The van der Waals surface area contributed by atoms with Crippen LogP contribution in [0, 0.1) is 41.9 Å². The number of hydrogen-bond acceptors (Lipinski definition) is 3. The van der Waals surface area contributed by atoms with Crippen LogP contribution in [-0.4, -0.2) is 18.7 Å². The molecule has 0 unspecified atom stereocenters. The summed E-state index contributed by atoms with van der Waals surface area (Å²) >= 11 is 0.